The van der Waals surface area contributed by atoms with E-state index in [1.165, 1.54) is 0 Å². The first-order valence-corrected chi connectivity index (χ1v) is 7.96. The average Bonchev–Trinajstić information content (AvgIpc) is 2.24. The van der Waals surface area contributed by atoms with Crippen molar-refractivity contribution in [2.75, 3.05) is 25.2 Å². The number of ether oxygens (including phenoxy) is 1. The van der Waals surface area contributed by atoms with E-state index in [0.29, 0.717) is 6.04 Å². The van der Waals surface area contributed by atoms with Gasteiger partial charge in [0.15, 0.2) is 0 Å². The zero-order valence-corrected chi connectivity index (χ0v) is 11.6. The molecule has 0 bridgehead atoms. The van der Waals surface area contributed by atoms with Gasteiger partial charge in [-0.25, -0.2) is 0 Å². The van der Waals surface area contributed by atoms with Crippen LogP contribution in [-0.2, 0) is 15.5 Å². The van der Waals surface area contributed by atoms with Crippen LogP contribution in [0.15, 0.2) is 0 Å². The van der Waals surface area contributed by atoms with Gasteiger partial charge in [-0.3, -0.25) is 4.21 Å². The van der Waals surface area contributed by atoms with E-state index in [1.54, 1.807) is 6.26 Å². The molecule has 96 valence electrons. The number of rotatable bonds is 6. The van der Waals surface area contributed by atoms with Crippen molar-refractivity contribution < 1.29 is 8.95 Å². The maximum absolute atomic E-state index is 10.9. The third-order valence-corrected chi connectivity index (χ3v) is 4.25. The van der Waals surface area contributed by atoms with E-state index >= 15 is 0 Å². The van der Waals surface area contributed by atoms with Crippen molar-refractivity contribution in [3.8, 4) is 0 Å². The normalized spacial score (nSPS) is 32.6. The van der Waals surface area contributed by atoms with Crippen molar-refractivity contribution >= 4 is 10.8 Å². The summed E-state index contributed by atoms with van der Waals surface area (Å²) in [5, 5.41) is 3.55. The van der Waals surface area contributed by atoms with Gasteiger partial charge in [0.05, 0.1) is 5.60 Å². The summed E-state index contributed by atoms with van der Waals surface area (Å²) in [6, 6.07) is 0.573. The lowest BCUT2D eigenvalue weighted by atomic mass is 9.90. The number of hydrogen-bond donors (Lipinski definition) is 1. The zero-order valence-electron chi connectivity index (χ0n) is 10.8. The van der Waals surface area contributed by atoms with E-state index < -0.39 is 10.8 Å². The van der Waals surface area contributed by atoms with Crippen molar-refractivity contribution in [3.63, 3.8) is 0 Å². The fourth-order valence-electron chi connectivity index (χ4n) is 2.13. The molecule has 0 radical (unpaired) electrons. The fourth-order valence-corrected chi connectivity index (χ4v) is 2.68. The average molecular weight is 247 g/mol. The second-order valence-corrected chi connectivity index (χ2v) is 6.48. The van der Waals surface area contributed by atoms with Crippen LogP contribution in [0.2, 0.25) is 0 Å². The molecule has 0 saturated carbocycles. The van der Waals surface area contributed by atoms with Gasteiger partial charge >= 0.3 is 0 Å². The Morgan fingerprint density at radius 2 is 2.31 bits per heavy atom. The van der Waals surface area contributed by atoms with Crippen LogP contribution >= 0.6 is 0 Å². The molecule has 1 saturated heterocycles. The summed E-state index contributed by atoms with van der Waals surface area (Å²) in [4.78, 5) is 0. The fraction of sp³-hybridized carbons (Fsp3) is 1.00. The van der Waals surface area contributed by atoms with Crippen LogP contribution in [0.1, 0.15) is 39.5 Å². The van der Waals surface area contributed by atoms with Gasteiger partial charge in [0.2, 0.25) is 0 Å². The molecule has 3 unspecified atom stereocenters. The number of nitrogens with one attached hydrogen (secondary N) is 1. The van der Waals surface area contributed by atoms with Gasteiger partial charge < -0.3 is 10.1 Å². The molecule has 1 N–H and O–H groups in total. The van der Waals surface area contributed by atoms with Gasteiger partial charge in [-0.05, 0) is 39.2 Å². The molecule has 1 aliphatic rings. The summed E-state index contributed by atoms with van der Waals surface area (Å²) >= 11 is 0. The highest BCUT2D eigenvalue weighted by Crippen LogP contribution is 2.27. The Kier molecular flexibility index (Phi) is 5.94. The zero-order chi connectivity index (χ0) is 12.0. The highest BCUT2D eigenvalue weighted by Gasteiger charge is 2.31. The Labute approximate surface area is 102 Å². The molecular formula is C12H25NO2S. The maximum Gasteiger partial charge on any atom is 0.0666 e. The molecule has 1 heterocycles. The summed E-state index contributed by atoms with van der Waals surface area (Å²) in [6.45, 7) is 6.22. The molecule has 16 heavy (non-hydrogen) atoms. The Bertz CT molecular complexity index is 235. The van der Waals surface area contributed by atoms with Gasteiger partial charge in [-0.2, -0.15) is 0 Å². The Morgan fingerprint density at radius 1 is 1.56 bits per heavy atom. The minimum absolute atomic E-state index is 0.0590. The minimum Gasteiger partial charge on any atom is -0.375 e. The SMILES string of the molecule is CCC1(C)CC(NCCCS(C)=O)CCO1. The molecule has 0 aromatic carbocycles. The highest BCUT2D eigenvalue weighted by molar-refractivity contribution is 7.84. The first-order chi connectivity index (χ1) is 7.56. The van der Waals surface area contributed by atoms with Crippen molar-refractivity contribution in [2.24, 2.45) is 0 Å². The van der Waals surface area contributed by atoms with Crippen LogP contribution < -0.4 is 5.32 Å². The molecule has 0 aromatic rings. The van der Waals surface area contributed by atoms with E-state index in [0.717, 1.165) is 44.6 Å². The second-order valence-electron chi connectivity index (χ2n) is 4.93. The van der Waals surface area contributed by atoms with Gasteiger partial charge in [0, 0.05) is 35.5 Å². The van der Waals surface area contributed by atoms with Crippen LogP contribution in [0.4, 0.5) is 0 Å². The van der Waals surface area contributed by atoms with E-state index in [-0.39, 0.29) is 5.60 Å². The van der Waals surface area contributed by atoms with Crippen molar-refractivity contribution in [2.45, 2.75) is 51.2 Å². The third kappa shape index (κ3) is 4.93. The Morgan fingerprint density at radius 3 is 2.94 bits per heavy atom. The lowest BCUT2D eigenvalue weighted by molar-refractivity contribution is -0.0778. The van der Waals surface area contributed by atoms with Crippen LogP contribution in [-0.4, -0.2) is 41.0 Å². The molecule has 0 aliphatic carbocycles. The predicted molar refractivity (Wildman–Crippen MR) is 69.2 cm³/mol. The second kappa shape index (κ2) is 6.72. The van der Waals surface area contributed by atoms with E-state index in [4.69, 9.17) is 4.74 Å². The first kappa shape index (κ1) is 14.1. The van der Waals surface area contributed by atoms with Crippen LogP contribution in [0.25, 0.3) is 0 Å². The van der Waals surface area contributed by atoms with Crippen LogP contribution in [0.3, 0.4) is 0 Å². The quantitative estimate of drug-likeness (QED) is 0.726. The Hall–Kier alpha value is 0.0700. The molecule has 4 heteroatoms. The predicted octanol–water partition coefficient (Wildman–Crippen LogP) is 1.69. The van der Waals surface area contributed by atoms with Gasteiger partial charge in [0.1, 0.15) is 0 Å². The third-order valence-electron chi connectivity index (χ3n) is 3.38. The van der Waals surface area contributed by atoms with Gasteiger partial charge in [-0.1, -0.05) is 6.92 Å². The lowest BCUT2D eigenvalue weighted by Gasteiger charge is -2.38. The summed E-state index contributed by atoms with van der Waals surface area (Å²) in [5.41, 5.74) is 0.0590. The van der Waals surface area contributed by atoms with Crippen LogP contribution in [0.5, 0.6) is 0 Å². The monoisotopic (exact) mass is 247 g/mol. The first-order valence-electron chi connectivity index (χ1n) is 6.23. The van der Waals surface area contributed by atoms with Crippen molar-refractivity contribution in [3.05, 3.63) is 0 Å². The van der Waals surface area contributed by atoms with E-state index in [2.05, 4.69) is 19.2 Å². The van der Waals surface area contributed by atoms with E-state index in [9.17, 15) is 4.21 Å². The maximum atomic E-state index is 10.9. The molecule has 1 fully saturated rings. The highest BCUT2D eigenvalue weighted by atomic mass is 32.2. The summed E-state index contributed by atoms with van der Waals surface area (Å²) in [5.74, 6) is 0.807. The van der Waals surface area contributed by atoms with Crippen molar-refractivity contribution in [1.82, 2.24) is 5.32 Å². The smallest absolute Gasteiger partial charge is 0.0666 e. The number of hydrogen-bond acceptors (Lipinski definition) is 3. The molecule has 0 aromatic heterocycles. The lowest BCUT2D eigenvalue weighted by Crippen LogP contribution is -2.45. The molecule has 0 spiro atoms. The molecule has 3 atom stereocenters. The summed E-state index contributed by atoms with van der Waals surface area (Å²) in [7, 11) is -0.654. The largest absolute Gasteiger partial charge is 0.375 e. The summed E-state index contributed by atoms with van der Waals surface area (Å²) < 4.78 is 16.7. The Balaban J connectivity index is 2.19. The molecule has 0 amide bonds. The molecule has 3 nitrogen and oxygen atoms in total. The molecule has 1 aliphatic heterocycles. The van der Waals surface area contributed by atoms with E-state index in [1.807, 2.05) is 0 Å². The standard InChI is InChI=1S/C12H25NO2S/c1-4-12(2)10-11(6-8-15-12)13-7-5-9-16(3)14/h11,13H,4-10H2,1-3H3. The van der Waals surface area contributed by atoms with Crippen LogP contribution in [0, 0.1) is 0 Å². The molecule has 1 rings (SSSR count). The minimum atomic E-state index is -0.654. The topological polar surface area (TPSA) is 38.3 Å². The molecular weight excluding hydrogens is 222 g/mol. The van der Waals surface area contributed by atoms with Gasteiger partial charge in [-0.15, -0.1) is 0 Å². The summed E-state index contributed by atoms with van der Waals surface area (Å²) in [6.07, 6.45) is 6.04. The van der Waals surface area contributed by atoms with Gasteiger partial charge in [0.25, 0.3) is 0 Å². The van der Waals surface area contributed by atoms with Crippen molar-refractivity contribution in [1.29, 1.82) is 0 Å².